The van der Waals surface area contributed by atoms with Crippen molar-refractivity contribution < 1.29 is 36.9 Å². The highest BCUT2D eigenvalue weighted by Crippen LogP contribution is 2.48. The molecule has 2 amide bonds. The van der Waals surface area contributed by atoms with Crippen LogP contribution in [0.1, 0.15) is 18.4 Å². The molecule has 1 aliphatic heterocycles. The Morgan fingerprint density at radius 3 is 2.45 bits per heavy atom. The largest absolute Gasteiger partial charge is 0.489 e. The van der Waals surface area contributed by atoms with E-state index in [0.717, 1.165) is 12.1 Å². The molecule has 0 bridgehead atoms. The van der Waals surface area contributed by atoms with Gasteiger partial charge < -0.3 is 29.6 Å². The number of amides is 2. The maximum Gasteiger partial charge on any atom is 0.417 e. The van der Waals surface area contributed by atoms with Crippen LogP contribution in [0.15, 0.2) is 60.8 Å². The average Bonchev–Trinajstić information content (AvgIpc) is 2.96. The van der Waals surface area contributed by atoms with Gasteiger partial charge in [0.2, 0.25) is 5.75 Å². The predicted octanol–water partition coefficient (Wildman–Crippen LogP) is 7.80. The van der Waals surface area contributed by atoms with E-state index in [-0.39, 0.29) is 5.69 Å². The number of rotatable bonds is 8. The Bertz CT molecular complexity index is 1660. The summed E-state index contributed by atoms with van der Waals surface area (Å²) in [5.41, 5.74) is -0.196. The molecule has 0 unspecified atom stereocenters. The quantitative estimate of drug-likeness (QED) is 0.199. The highest BCUT2D eigenvalue weighted by molar-refractivity contribution is 6.31. The number of benzene rings is 3. The van der Waals surface area contributed by atoms with Crippen LogP contribution in [0, 0.1) is 11.3 Å². The molecule has 3 aromatic carbocycles. The number of urea groups is 1. The van der Waals surface area contributed by atoms with Gasteiger partial charge in [0.25, 0.3) is 0 Å². The maximum absolute atomic E-state index is 13.1. The smallest absolute Gasteiger partial charge is 0.417 e. The summed E-state index contributed by atoms with van der Waals surface area (Å²) in [7, 11) is 0. The van der Waals surface area contributed by atoms with Crippen molar-refractivity contribution in [2.75, 3.05) is 30.5 Å². The Morgan fingerprint density at radius 2 is 1.71 bits per heavy atom. The lowest BCUT2D eigenvalue weighted by molar-refractivity contribution is -0.137. The van der Waals surface area contributed by atoms with Gasteiger partial charge in [-0.05, 0) is 55.0 Å². The van der Waals surface area contributed by atoms with Crippen LogP contribution in [-0.4, -0.2) is 30.8 Å². The molecule has 1 aromatic heterocycles. The molecule has 0 saturated heterocycles. The normalized spacial score (nSPS) is 12.4. The molecule has 0 fully saturated rings. The summed E-state index contributed by atoms with van der Waals surface area (Å²) in [6, 6.07) is 14.2. The Balaban J connectivity index is 1.30. The molecular formula is C29H22ClF3N4O5. The number of pyridine rings is 1. The van der Waals surface area contributed by atoms with Gasteiger partial charge in [0.15, 0.2) is 11.5 Å². The zero-order valence-electron chi connectivity index (χ0n) is 21.8. The lowest BCUT2D eigenvalue weighted by Crippen LogP contribution is -2.19. The van der Waals surface area contributed by atoms with Crippen molar-refractivity contribution in [1.29, 1.82) is 5.26 Å². The standard InChI is InChI=1S/C29H22ClF3N4O5/c30-21-8-5-18(15-20(21)29(31,32)33)37-28(38)36-17-3-6-19(7-4-17)42-23-9-11-35-22-16-24(39-12-2-1-10-34)26-27(25(22)23)41-14-13-40-26/h3-9,11,15-16H,1-2,12-14H2,(H2,36,37,38). The summed E-state index contributed by atoms with van der Waals surface area (Å²) in [5.74, 6) is 2.20. The van der Waals surface area contributed by atoms with Crippen LogP contribution in [0.25, 0.3) is 10.9 Å². The van der Waals surface area contributed by atoms with Crippen molar-refractivity contribution >= 4 is 39.9 Å². The number of ether oxygens (including phenoxy) is 4. The fourth-order valence-corrected chi connectivity index (χ4v) is 4.37. The molecule has 216 valence electrons. The van der Waals surface area contributed by atoms with Crippen molar-refractivity contribution in [1.82, 2.24) is 4.98 Å². The van der Waals surface area contributed by atoms with Crippen molar-refractivity contribution in [2.24, 2.45) is 0 Å². The fraction of sp³-hybridized carbons (Fsp3) is 0.207. The van der Waals surface area contributed by atoms with E-state index >= 15 is 0 Å². The van der Waals surface area contributed by atoms with Crippen molar-refractivity contribution in [3.05, 3.63) is 71.4 Å². The van der Waals surface area contributed by atoms with Gasteiger partial charge in [0, 0.05) is 30.1 Å². The number of aromatic nitrogens is 1. The summed E-state index contributed by atoms with van der Waals surface area (Å²) >= 11 is 5.63. The maximum atomic E-state index is 13.1. The first-order chi connectivity index (χ1) is 20.2. The van der Waals surface area contributed by atoms with Crippen LogP contribution in [-0.2, 0) is 6.18 Å². The van der Waals surface area contributed by atoms with E-state index in [2.05, 4.69) is 21.7 Å². The molecule has 0 spiro atoms. The molecule has 0 saturated carbocycles. The average molecular weight is 599 g/mol. The number of carbonyl (C=O) groups is 1. The van der Waals surface area contributed by atoms with Crippen molar-refractivity contribution in [2.45, 2.75) is 19.0 Å². The molecule has 5 rings (SSSR count). The number of anilines is 2. The Hall–Kier alpha value is -4.89. The lowest BCUT2D eigenvalue weighted by atomic mass is 10.1. The number of nitrogens with zero attached hydrogens (tertiary/aromatic N) is 2. The lowest BCUT2D eigenvalue weighted by Gasteiger charge is -2.23. The van der Waals surface area contributed by atoms with Gasteiger partial charge in [-0.15, -0.1) is 0 Å². The van der Waals surface area contributed by atoms with E-state index in [1.807, 2.05) is 0 Å². The number of alkyl halides is 3. The molecule has 9 nitrogen and oxygen atoms in total. The van der Waals surface area contributed by atoms with Crippen LogP contribution in [0.3, 0.4) is 0 Å². The van der Waals surface area contributed by atoms with E-state index in [4.69, 9.17) is 35.8 Å². The molecule has 0 atom stereocenters. The SMILES string of the molecule is N#CCCCOc1cc2nccc(Oc3ccc(NC(=O)Nc4ccc(Cl)c(C(F)(F)F)c4)cc3)c2c2c1OCCO2. The minimum atomic E-state index is -4.66. The molecule has 2 N–H and O–H groups in total. The van der Waals surface area contributed by atoms with Crippen LogP contribution < -0.4 is 29.6 Å². The number of hydrogen-bond donors (Lipinski definition) is 2. The van der Waals surface area contributed by atoms with Gasteiger partial charge >= 0.3 is 12.2 Å². The summed E-state index contributed by atoms with van der Waals surface area (Å²) < 4.78 is 63.1. The first-order valence-corrected chi connectivity index (χ1v) is 13.0. The van der Waals surface area contributed by atoms with E-state index < -0.39 is 22.8 Å². The summed E-state index contributed by atoms with van der Waals surface area (Å²) in [6.07, 6.45) is -2.15. The Morgan fingerprint density at radius 1 is 1.00 bits per heavy atom. The van der Waals surface area contributed by atoms with Gasteiger partial charge in [0.05, 0.1) is 34.2 Å². The fourth-order valence-electron chi connectivity index (χ4n) is 4.15. The van der Waals surface area contributed by atoms with Gasteiger partial charge in [-0.25, -0.2) is 4.79 Å². The molecular weight excluding hydrogens is 577 g/mol. The zero-order valence-corrected chi connectivity index (χ0v) is 22.5. The number of nitriles is 1. The second kappa shape index (κ2) is 12.3. The van der Waals surface area contributed by atoms with Crippen molar-refractivity contribution in [3.63, 3.8) is 0 Å². The molecule has 0 radical (unpaired) electrons. The van der Waals surface area contributed by atoms with Crippen LogP contribution >= 0.6 is 11.6 Å². The summed E-state index contributed by atoms with van der Waals surface area (Å²) in [6.45, 7) is 0.995. The molecule has 13 heteroatoms. The monoisotopic (exact) mass is 598 g/mol. The second-order valence-corrected chi connectivity index (χ2v) is 9.35. The van der Waals surface area contributed by atoms with Gasteiger partial charge in [-0.3, -0.25) is 4.98 Å². The number of nitrogens with one attached hydrogen (secondary N) is 2. The highest BCUT2D eigenvalue weighted by Gasteiger charge is 2.33. The summed E-state index contributed by atoms with van der Waals surface area (Å²) in [5, 5.41) is 13.8. The second-order valence-electron chi connectivity index (χ2n) is 8.94. The minimum Gasteiger partial charge on any atom is -0.489 e. The first kappa shape index (κ1) is 28.6. The molecule has 1 aliphatic rings. The van der Waals surface area contributed by atoms with Gasteiger partial charge in [-0.2, -0.15) is 18.4 Å². The Kier molecular flexibility index (Phi) is 8.40. The topological polar surface area (TPSA) is 115 Å². The van der Waals surface area contributed by atoms with Crippen molar-refractivity contribution in [3.8, 4) is 34.8 Å². The van der Waals surface area contributed by atoms with Gasteiger partial charge in [-0.1, -0.05) is 11.6 Å². The van der Waals surface area contributed by atoms with Crippen LogP contribution in [0.4, 0.5) is 29.3 Å². The number of unbranched alkanes of at least 4 members (excludes halogenated alkanes) is 1. The number of hydrogen-bond acceptors (Lipinski definition) is 7. The van der Waals surface area contributed by atoms with E-state index in [1.165, 1.54) is 6.07 Å². The van der Waals surface area contributed by atoms with Gasteiger partial charge in [0.1, 0.15) is 24.7 Å². The van der Waals surface area contributed by atoms with E-state index in [9.17, 15) is 18.0 Å². The Labute approximate surface area is 242 Å². The third-order valence-corrected chi connectivity index (χ3v) is 6.33. The highest BCUT2D eigenvalue weighted by atomic mass is 35.5. The molecule has 0 aliphatic carbocycles. The van der Waals surface area contributed by atoms with E-state index in [0.29, 0.717) is 78.0 Å². The summed E-state index contributed by atoms with van der Waals surface area (Å²) in [4.78, 5) is 16.8. The van der Waals surface area contributed by atoms with Crippen LogP contribution in [0.5, 0.6) is 28.7 Å². The molecule has 2 heterocycles. The zero-order chi connectivity index (χ0) is 29.7. The number of halogens is 4. The third kappa shape index (κ3) is 6.53. The van der Waals surface area contributed by atoms with Crippen LogP contribution in [0.2, 0.25) is 5.02 Å². The number of carbonyl (C=O) groups excluding carboxylic acids is 1. The molecule has 42 heavy (non-hydrogen) atoms. The number of fused-ring (bicyclic) bond motifs is 3. The first-order valence-electron chi connectivity index (χ1n) is 12.7. The predicted molar refractivity (Wildman–Crippen MR) is 149 cm³/mol. The minimum absolute atomic E-state index is 0.0704. The van der Waals surface area contributed by atoms with E-state index in [1.54, 1.807) is 42.6 Å². The molecule has 4 aromatic rings. The third-order valence-electron chi connectivity index (χ3n) is 6.00.